The van der Waals surface area contributed by atoms with Gasteiger partial charge in [-0.15, -0.1) is 0 Å². The van der Waals surface area contributed by atoms with Crippen LogP contribution in [0.4, 0.5) is 5.82 Å². The van der Waals surface area contributed by atoms with Gasteiger partial charge in [-0.05, 0) is 48.9 Å². The number of hydrogen-bond donors (Lipinski definition) is 1. The van der Waals surface area contributed by atoms with E-state index in [4.69, 9.17) is 4.74 Å². The maximum atomic E-state index is 13.4. The average molecular weight is 433 g/mol. The van der Waals surface area contributed by atoms with Gasteiger partial charge < -0.3 is 19.9 Å². The van der Waals surface area contributed by atoms with Gasteiger partial charge in [-0.1, -0.05) is 30.3 Å². The first-order valence-corrected chi connectivity index (χ1v) is 10.9. The van der Waals surface area contributed by atoms with Crippen LogP contribution in [0.25, 0.3) is 10.8 Å². The van der Waals surface area contributed by atoms with Crippen LogP contribution in [0.1, 0.15) is 24.2 Å². The van der Waals surface area contributed by atoms with Crippen LogP contribution in [0.15, 0.2) is 60.8 Å². The van der Waals surface area contributed by atoms with Gasteiger partial charge in [0.05, 0.1) is 5.56 Å². The van der Waals surface area contributed by atoms with Crippen LogP contribution in [0.2, 0.25) is 0 Å². The van der Waals surface area contributed by atoms with E-state index >= 15 is 0 Å². The molecule has 0 spiro atoms. The van der Waals surface area contributed by atoms with Crippen molar-refractivity contribution in [2.45, 2.75) is 19.9 Å². The van der Waals surface area contributed by atoms with Gasteiger partial charge in [-0.3, -0.25) is 9.59 Å². The molecule has 7 nitrogen and oxygen atoms in total. The first kappa shape index (κ1) is 21.6. The van der Waals surface area contributed by atoms with E-state index in [1.54, 1.807) is 6.20 Å². The first-order valence-electron chi connectivity index (χ1n) is 10.9. The fourth-order valence-electron chi connectivity index (χ4n) is 3.86. The van der Waals surface area contributed by atoms with Crippen LogP contribution in [0.3, 0.4) is 0 Å². The molecule has 1 aliphatic heterocycles. The Labute approximate surface area is 188 Å². The number of nitrogens with one attached hydrogen (secondary N) is 1. The molecule has 4 rings (SSSR count). The summed E-state index contributed by atoms with van der Waals surface area (Å²) in [6.07, 6.45) is 1.78. The molecule has 0 atom stereocenters. The number of amides is 2. The first-order chi connectivity index (χ1) is 15.5. The van der Waals surface area contributed by atoms with Gasteiger partial charge in [0.25, 0.3) is 11.8 Å². The highest BCUT2D eigenvalue weighted by Crippen LogP contribution is 2.28. The number of nitrogens with zero attached hydrogens (tertiary/aromatic N) is 3. The second kappa shape index (κ2) is 9.68. The maximum absolute atomic E-state index is 13.4. The smallest absolute Gasteiger partial charge is 0.258 e. The third-order valence-corrected chi connectivity index (χ3v) is 5.43. The molecule has 7 heteroatoms. The molecule has 3 aromatic rings. The van der Waals surface area contributed by atoms with Gasteiger partial charge >= 0.3 is 0 Å². The lowest BCUT2D eigenvalue weighted by Gasteiger charge is -2.35. The number of carbonyl (C=O) groups is 2. The Morgan fingerprint density at radius 3 is 2.34 bits per heavy atom. The zero-order chi connectivity index (χ0) is 22.5. The molecule has 1 saturated heterocycles. The van der Waals surface area contributed by atoms with Crippen molar-refractivity contribution < 1.29 is 14.3 Å². The van der Waals surface area contributed by atoms with E-state index in [0.29, 0.717) is 37.5 Å². The minimum Gasteiger partial charge on any atom is -0.483 e. The van der Waals surface area contributed by atoms with Crippen molar-refractivity contribution in [1.29, 1.82) is 0 Å². The molecule has 32 heavy (non-hydrogen) atoms. The Balaban J connectivity index is 1.52. The molecule has 1 aromatic heterocycles. The van der Waals surface area contributed by atoms with Gasteiger partial charge in [-0.25, -0.2) is 4.98 Å². The summed E-state index contributed by atoms with van der Waals surface area (Å²) >= 11 is 0. The summed E-state index contributed by atoms with van der Waals surface area (Å²) in [5.74, 6) is 1.05. The van der Waals surface area contributed by atoms with Crippen molar-refractivity contribution in [1.82, 2.24) is 15.2 Å². The van der Waals surface area contributed by atoms with Gasteiger partial charge in [0.2, 0.25) is 0 Å². The molecule has 0 radical (unpaired) electrons. The van der Waals surface area contributed by atoms with E-state index in [2.05, 4.69) is 15.2 Å². The Morgan fingerprint density at radius 2 is 1.69 bits per heavy atom. The number of rotatable bonds is 6. The van der Waals surface area contributed by atoms with E-state index in [0.717, 1.165) is 16.6 Å². The number of benzene rings is 2. The van der Waals surface area contributed by atoms with Gasteiger partial charge in [0.1, 0.15) is 11.6 Å². The molecule has 0 saturated carbocycles. The minimum atomic E-state index is -0.212. The van der Waals surface area contributed by atoms with Crippen molar-refractivity contribution in [2.24, 2.45) is 0 Å². The molecule has 1 N–H and O–H groups in total. The van der Waals surface area contributed by atoms with E-state index in [1.165, 1.54) is 0 Å². The van der Waals surface area contributed by atoms with Crippen molar-refractivity contribution in [2.75, 3.05) is 37.7 Å². The lowest BCUT2D eigenvalue weighted by molar-refractivity contribution is -0.123. The molecule has 1 aliphatic rings. The molecule has 0 bridgehead atoms. The standard InChI is InChI=1S/C25H28N4O3/c1-18(2)27-24(30)17-32-22-16-20-8-4-3-7-19(20)15-21(22)25(31)29-13-11-28(12-14-29)23-9-5-6-10-26-23/h3-10,15-16,18H,11-14,17H2,1-2H3,(H,27,30). The fraction of sp³-hybridized carbons (Fsp3) is 0.320. The molecular weight excluding hydrogens is 404 g/mol. The highest BCUT2D eigenvalue weighted by atomic mass is 16.5. The maximum Gasteiger partial charge on any atom is 0.258 e. The molecular formula is C25H28N4O3. The number of ether oxygens (including phenoxy) is 1. The van der Waals surface area contributed by atoms with Crippen LogP contribution in [0, 0.1) is 0 Å². The highest BCUT2D eigenvalue weighted by Gasteiger charge is 2.25. The second-order valence-corrected chi connectivity index (χ2v) is 8.17. The van der Waals surface area contributed by atoms with Crippen LogP contribution < -0.4 is 15.0 Å². The fourth-order valence-corrected chi connectivity index (χ4v) is 3.86. The number of fused-ring (bicyclic) bond motifs is 1. The monoisotopic (exact) mass is 432 g/mol. The number of anilines is 1. The van der Waals surface area contributed by atoms with Gasteiger partial charge in [0.15, 0.2) is 6.61 Å². The molecule has 2 amide bonds. The summed E-state index contributed by atoms with van der Waals surface area (Å²) in [5, 5.41) is 4.73. The Bertz CT molecular complexity index is 1090. The summed E-state index contributed by atoms with van der Waals surface area (Å²) in [4.78, 5) is 34.0. The quantitative estimate of drug-likeness (QED) is 0.648. The SMILES string of the molecule is CC(C)NC(=O)COc1cc2ccccc2cc1C(=O)N1CCN(c2ccccn2)CC1. The summed E-state index contributed by atoms with van der Waals surface area (Å²) in [6, 6.07) is 17.4. The Hall–Kier alpha value is -3.61. The lowest BCUT2D eigenvalue weighted by Crippen LogP contribution is -2.49. The number of hydrogen-bond acceptors (Lipinski definition) is 5. The van der Waals surface area contributed by atoms with Crippen LogP contribution in [0.5, 0.6) is 5.75 Å². The van der Waals surface area contributed by atoms with Crippen molar-refractivity contribution in [3.05, 3.63) is 66.4 Å². The van der Waals surface area contributed by atoms with Crippen LogP contribution in [-0.2, 0) is 4.79 Å². The zero-order valence-electron chi connectivity index (χ0n) is 18.5. The van der Waals surface area contributed by atoms with E-state index in [1.807, 2.05) is 73.3 Å². The van der Waals surface area contributed by atoms with Crippen LogP contribution >= 0.6 is 0 Å². The molecule has 0 unspecified atom stereocenters. The molecule has 0 aliphatic carbocycles. The number of aromatic nitrogens is 1. The van der Waals surface area contributed by atoms with Gasteiger partial charge in [-0.2, -0.15) is 0 Å². The Morgan fingerprint density at radius 1 is 1.00 bits per heavy atom. The van der Waals surface area contributed by atoms with Crippen molar-refractivity contribution >= 4 is 28.4 Å². The van der Waals surface area contributed by atoms with Gasteiger partial charge in [0, 0.05) is 38.4 Å². The predicted octanol–water partition coefficient (Wildman–Crippen LogP) is 3.10. The number of pyridine rings is 1. The molecule has 1 fully saturated rings. The third-order valence-electron chi connectivity index (χ3n) is 5.43. The summed E-state index contributed by atoms with van der Waals surface area (Å²) < 4.78 is 5.83. The normalized spacial score (nSPS) is 14.0. The van der Waals surface area contributed by atoms with Crippen molar-refractivity contribution in [3.63, 3.8) is 0 Å². The van der Waals surface area contributed by atoms with Crippen LogP contribution in [-0.4, -0.2) is 60.5 Å². The summed E-state index contributed by atoms with van der Waals surface area (Å²) in [7, 11) is 0. The predicted molar refractivity (Wildman–Crippen MR) is 125 cm³/mol. The van der Waals surface area contributed by atoms with E-state index in [9.17, 15) is 9.59 Å². The number of piperazine rings is 1. The average Bonchev–Trinajstić information content (AvgIpc) is 2.82. The zero-order valence-corrected chi connectivity index (χ0v) is 18.5. The Kier molecular flexibility index (Phi) is 6.54. The summed E-state index contributed by atoms with van der Waals surface area (Å²) in [6.45, 7) is 6.27. The van der Waals surface area contributed by atoms with Crippen molar-refractivity contribution in [3.8, 4) is 5.75 Å². The van der Waals surface area contributed by atoms with E-state index < -0.39 is 0 Å². The molecule has 2 aromatic carbocycles. The van der Waals surface area contributed by atoms with E-state index in [-0.39, 0.29) is 24.5 Å². The molecule has 2 heterocycles. The lowest BCUT2D eigenvalue weighted by atomic mass is 10.0. The summed E-state index contributed by atoms with van der Waals surface area (Å²) in [5.41, 5.74) is 0.479. The minimum absolute atomic E-state index is 0.0270. The topological polar surface area (TPSA) is 74.8 Å². The number of carbonyl (C=O) groups excluding carboxylic acids is 2. The largest absolute Gasteiger partial charge is 0.483 e. The highest BCUT2D eigenvalue weighted by molar-refractivity contribution is 6.02. The molecule has 166 valence electrons. The second-order valence-electron chi connectivity index (χ2n) is 8.17. The third kappa shape index (κ3) is 4.99.